The van der Waals surface area contributed by atoms with Crippen LogP contribution in [0.1, 0.15) is 42.9 Å². The Bertz CT molecular complexity index is 501. The summed E-state index contributed by atoms with van der Waals surface area (Å²) in [6.07, 6.45) is 4.53. The van der Waals surface area contributed by atoms with Gasteiger partial charge in [0.05, 0.1) is 0 Å². The van der Waals surface area contributed by atoms with Crippen molar-refractivity contribution < 1.29 is 9.90 Å². The summed E-state index contributed by atoms with van der Waals surface area (Å²) in [6.45, 7) is 1.97. The molecule has 3 N–H and O–H groups in total. The van der Waals surface area contributed by atoms with Crippen LogP contribution in [0, 0.1) is 6.92 Å². The van der Waals surface area contributed by atoms with Crippen LogP contribution in [-0.4, -0.2) is 23.1 Å². The van der Waals surface area contributed by atoms with Crippen molar-refractivity contribution in [2.45, 2.75) is 50.7 Å². The molecule has 1 aliphatic carbocycles. The molecule has 1 heterocycles. The first-order chi connectivity index (χ1) is 9.15. The third-order valence-corrected chi connectivity index (χ3v) is 4.23. The number of phenolic OH excluding ortho intramolecular Hbond substituents is 1. The van der Waals surface area contributed by atoms with Crippen LogP contribution in [0.4, 0.5) is 0 Å². The van der Waals surface area contributed by atoms with Gasteiger partial charge in [-0.1, -0.05) is 30.5 Å². The maximum absolute atomic E-state index is 12.2. The molecule has 1 saturated carbocycles. The number of carbonyl (C=O) groups is 1. The molecule has 0 spiro atoms. The van der Waals surface area contributed by atoms with E-state index in [1.54, 1.807) is 6.07 Å². The molecule has 0 bridgehead atoms. The number of carbonyl (C=O) groups excluding carboxylic acids is 1. The molecule has 0 aromatic heterocycles. The molecule has 3 atom stereocenters. The smallest absolute Gasteiger partial charge is 0.242 e. The topological polar surface area (TPSA) is 61.4 Å². The molecular weight excluding hydrogens is 240 g/mol. The predicted octanol–water partition coefficient (Wildman–Crippen LogP) is 1.77. The highest BCUT2D eigenvalue weighted by molar-refractivity contribution is 5.85. The molecule has 3 rings (SSSR count). The maximum atomic E-state index is 12.2. The van der Waals surface area contributed by atoms with Crippen LogP contribution in [0.2, 0.25) is 0 Å². The van der Waals surface area contributed by atoms with Gasteiger partial charge in [0.15, 0.2) is 0 Å². The molecule has 0 radical (unpaired) electrons. The fourth-order valence-corrected chi connectivity index (χ4v) is 3.20. The van der Waals surface area contributed by atoms with Gasteiger partial charge < -0.3 is 10.4 Å². The fraction of sp³-hybridized carbons (Fsp3) is 0.533. The Morgan fingerprint density at radius 2 is 1.95 bits per heavy atom. The van der Waals surface area contributed by atoms with Crippen LogP contribution >= 0.6 is 0 Å². The molecule has 4 heteroatoms. The largest absolute Gasteiger partial charge is 0.508 e. The lowest BCUT2D eigenvalue weighted by Crippen LogP contribution is -2.61. The second-order valence-corrected chi connectivity index (χ2v) is 5.67. The second kappa shape index (κ2) is 4.85. The summed E-state index contributed by atoms with van der Waals surface area (Å²) in [7, 11) is 0. The molecule has 1 unspecified atom stereocenters. The lowest BCUT2D eigenvalue weighted by Gasteiger charge is -2.40. The van der Waals surface area contributed by atoms with Crippen molar-refractivity contribution in [3.63, 3.8) is 0 Å². The SMILES string of the molecule is Cc1ccc(O)c(C2N[C@H]3CCCC[C@H]3NC2=O)c1. The van der Waals surface area contributed by atoms with E-state index in [1.807, 2.05) is 19.1 Å². The van der Waals surface area contributed by atoms with Crippen LogP contribution in [0.15, 0.2) is 18.2 Å². The van der Waals surface area contributed by atoms with E-state index in [-0.39, 0.29) is 17.7 Å². The zero-order valence-electron chi connectivity index (χ0n) is 11.1. The average molecular weight is 260 g/mol. The number of piperazine rings is 1. The summed E-state index contributed by atoms with van der Waals surface area (Å²) in [6, 6.07) is 5.55. The minimum Gasteiger partial charge on any atom is -0.508 e. The monoisotopic (exact) mass is 260 g/mol. The van der Waals surface area contributed by atoms with E-state index < -0.39 is 6.04 Å². The van der Waals surface area contributed by atoms with Crippen molar-refractivity contribution in [2.24, 2.45) is 0 Å². The number of fused-ring (bicyclic) bond motifs is 1. The van der Waals surface area contributed by atoms with Gasteiger partial charge in [0.2, 0.25) is 5.91 Å². The molecule has 1 aliphatic heterocycles. The molecule has 19 heavy (non-hydrogen) atoms. The fourth-order valence-electron chi connectivity index (χ4n) is 3.20. The molecule has 1 saturated heterocycles. The van der Waals surface area contributed by atoms with Crippen molar-refractivity contribution in [3.05, 3.63) is 29.3 Å². The third-order valence-electron chi connectivity index (χ3n) is 4.23. The van der Waals surface area contributed by atoms with Gasteiger partial charge in [0.25, 0.3) is 0 Å². The number of rotatable bonds is 1. The van der Waals surface area contributed by atoms with Crippen LogP contribution < -0.4 is 10.6 Å². The van der Waals surface area contributed by atoms with Crippen molar-refractivity contribution in [1.29, 1.82) is 0 Å². The van der Waals surface area contributed by atoms with E-state index in [1.165, 1.54) is 12.8 Å². The Balaban J connectivity index is 1.88. The normalized spacial score (nSPS) is 30.6. The Kier molecular flexibility index (Phi) is 3.19. The number of phenols is 1. The minimum absolute atomic E-state index is 0.0240. The molecule has 1 aromatic rings. The Labute approximate surface area is 113 Å². The molecule has 1 aromatic carbocycles. The van der Waals surface area contributed by atoms with Crippen LogP contribution in [-0.2, 0) is 4.79 Å². The zero-order valence-corrected chi connectivity index (χ0v) is 11.1. The number of aromatic hydroxyl groups is 1. The van der Waals surface area contributed by atoms with E-state index in [0.29, 0.717) is 11.6 Å². The Morgan fingerprint density at radius 3 is 2.74 bits per heavy atom. The summed E-state index contributed by atoms with van der Waals surface area (Å²) in [5, 5.41) is 16.5. The number of benzene rings is 1. The van der Waals surface area contributed by atoms with Gasteiger partial charge in [-0.3, -0.25) is 10.1 Å². The lowest BCUT2D eigenvalue weighted by atomic mass is 9.86. The van der Waals surface area contributed by atoms with E-state index >= 15 is 0 Å². The second-order valence-electron chi connectivity index (χ2n) is 5.67. The highest BCUT2D eigenvalue weighted by Crippen LogP contribution is 2.31. The van der Waals surface area contributed by atoms with Gasteiger partial charge in [-0.05, 0) is 25.8 Å². The molecule has 1 amide bonds. The van der Waals surface area contributed by atoms with Crippen molar-refractivity contribution in [3.8, 4) is 5.75 Å². The Morgan fingerprint density at radius 1 is 1.21 bits per heavy atom. The summed E-state index contributed by atoms with van der Waals surface area (Å²) in [4.78, 5) is 12.2. The van der Waals surface area contributed by atoms with Gasteiger partial charge in [-0.15, -0.1) is 0 Å². The summed E-state index contributed by atoms with van der Waals surface area (Å²) in [5.74, 6) is 0.163. The van der Waals surface area contributed by atoms with Crippen LogP contribution in [0.5, 0.6) is 5.75 Å². The van der Waals surface area contributed by atoms with Gasteiger partial charge in [0.1, 0.15) is 11.8 Å². The quantitative estimate of drug-likeness (QED) is 0.721. The summed E-state index contributed by atoms with van der Waals surface area (Å²) < 4.78 is 0. The van der Waals surface area contributed by atoms with Crippen LogP contribution in [0.25, 0.3) is 0 Å². The zero-order chi connectivity index (χ0) is 13.4. The number of nitrogens with one attached hydrogen (secondary N) is 2. The molecule has 2 fully saturated rings. The average Bonchev–Trinajstić information content (AvgIpc) is 2.41. The predicted molar refractivity (Wildman–Crippen MR) is 72.9 cm³/mol. The molecule has 102 valence electrons. The van der Waals surface area contributed by atoms with Gasteiger partial charge >= 0.3 is 0 Å². The lowest BCUT2D eigenvalue weighted by molar-refractivity contribution is -0.127. The summed E-state index contributed by atoms with van der Waals surface area (Å²) >= 11 is 0. The van der Waals surface area contributed by atoms with E-state index in [4.69, 9.17) is 0 Å². The standard InChI is InChI=1S/C15H20N2O2/c1-9-6-7-13(18)10(8-9)14-15(19)17-12-5-3-2-4-11(12)16-14/h6-8,11-12,14,16,18H,2-5H2,1H3,(H,17,19)/t11-,12+,14?/m0/s1. The van der Waals surface area contributed by atoms with Crippen LogP contribution in [0.3, 0.4) is 0 Å². The first-order valence-electron chi connectivity index (χ1n) is 7.01. The van der Waals surface area contributed by atoms with Gasteiger partial charge in [-0.25, -0.2) is 0 Å². The highest BCUT2D eigenvalue weighted by Gasteiger charge is 2.37. The van der Waals surface area contributed by atoms with Crippen molar-refractivity contribution in [1.82, 2.24) is 10.6 Å². The molecular formula is C15H20N2O2. The molecule has 2 aliphatic rings. The molecule has 4 nitrogen and oxygen atoms in total. The first-order valence-corrected chi connectivity index (χ1v) is 7.01. The first kappa shape index (κ1) is 12.5. The summed E-state index contributed by atoms with van der Waals surface area (Å²) in [5.41, 5.74) is 1.73. The van der Waals surface area contributed by atoms with E-state index in [0.717, 1.165) is 18.4 Å². The van der Waals surface area contributed by atoms with Gasteiger partial charge in [-0.2, -0.15) is 0 Å². The number of aryl methyl sites for hydroxylation is 1. The van der Waals surface area contributed by atoms with E-state index in [9.17, 15) is 9.90 Å². The minimum atomic E-state index is -0.431. The number of amides is 1. The number of hydrogen-bond donors (Lipinski definition) is 3. The third kappa shape index (κ3) is 2.32. The van der Waals surface area contributed by atoms with E-state index in [2.05, 4.69) is 10.6 Å². The van der Waals surface area contributed by atoms with Crippen molar-refractivity contribution >= 4 is 5.91 Å². The van der Waals surface area contributed by atoms with Crippen molar-refractivity contribution in [2.75, 3.05) is 0 Å². The maximum Gasteiger partial charge on any atom is 0.242 e. The Hall–Kier alpha value is -1.55. The van der Waals surface area contributed by atoms with Gasteiger partial charge in [0, 0.05) is 17.6 Å². The highest BCUT2D eigenvalue weighted by atomic mass is 16.3. The number of hydrogen-bond acceptors (Lipinski definition) is 3.